The summed E-state index contributed by atoms with van der Waals surface area (Å²) in [7, 11) is 0. The van der Waals surface area contributed by atoms with Gasteiger partial charge in [0.05, 0.1) is 12.1 Å². The fourth-order valence-corrected chi connectivity index (χ4v) is 2.80. The molecule has 1 saturated heterocycles. The van der Waals surface area contributed by atoms with Gasteiger partial charge in [0.2, 0.25) is 0 Å². The third kappa shape index (κ3) is 2.23. The van der Waals surface area contributed by atoms with Gasteiger partial charge in [0, 0.05) is 12.6 Å². The first-order chi connectivity index (χ1) is 8.41. The highest BCUT2D eigenvalue weighted by Crippen LogP contribution is 2.29. The molecule has 8 heteroatoms. The molecular formula is C10H16BrN5O2. The predicted octanol–water partition coefficient (Wildman–Crippen LogP) is -0.389. The Morgan fingerprint density at radius 1 is 1.72 bits per heavy atom. The summed E-state index contributed by atoms with van der Waals surface area (Å²) in [6.45, 7) is 2.38. The van der Waals surface area contributed by atoms with Crippen LogP contribution in [0.2, 0.25) is 0 Å². The minimum Gasteiger partial charge on any atom is -0.392 e. The monoisotopic (exact) mass is 317 g/mol. The Kier molecular flexibility index (Phi) is 3.60. The molecule has 1 aromatic heterocycles. The van der Waals surface area contributed by atoms with E-state index in [1.54, 1.807) is 11.6 Å². The van der Waals surface area contributed by atoms with Gasteiger partial charge in [0.25, 0.3) is 5.91 Å². The summed E-state index contributed by atoms with van der Waals surface area (Å²) in [6, 6.07) is 0.0170. The van der Waals surface area contributed by atoms with Crippen molar-refractivity contribution >= 4 is 27.7 Å². The number of halogens is 1. The molecule has 2 heterocycles. The fourth-order valence-electron chi connectivity index (χ4n) is 2.23. The van der Waals surface area contributed by atoms with Crippen LogP contribution in [0.3, 0.4) is 0 Å². The van der Waals surface area contributed by atoms with Crippen LogP contribution in [-0.4, -0.2) is 39.5 Å². The Bertz CT molecular complexity index is 473. The molecule has 0 aliphatic carbocycles. The Morgan fingerprint density at radius 3 is 2.83 bits per heavy atom. The van der Waals surface area contributed by atoms with Crippen LogP contribution in [0.15, 0.2) is 4.60 Å². The molecule has 0 spiro atoms. The Labute approximate surface area is 113 Å². The number of aliphatic hydroxyl groups is 1. The number of aliphatic hydroxyl groups excluding tert-OH is 1. The lowest BCUT2D eigenvalue weighted by molar-refractivity contribution is 0.100. The highest BCUT2D eigenvalue weighted by atomic mass is 79.9. The number of hydrogen-bond acceptors (Lipinski definition) is 5. The zero-order valence-electron chi connectivity index (χ0n) is 9.93. The van der Waals surface area contributed by atoms with Crippen LogP contribution in [0.5, 0.6) is 0 Å². The molecule has 1 amide bonds. The molecule has 7 nitrogen and oxygen atoms in total. The molecule has 1 unspecified atom stereocenters. The first-order valence-corrected chi connectivity index (χ1v) is 6.45. The van der Waals surface area contributed by atoms with Gasteiger partial charge in [-0.25, -0.2) is 4.68 Å². The van der Waals surface area contributed by atoms with Crippen molar-refractivity contribution in [1.82, 2.24) is 15.1 Å². The zero-order chi connectivity index (χ0) is 13.4. The molecule has 0 aromatic carbocycles. The molecule has 1 aliphatic rings. The number of nitrogens with two attached hydrogens (primary N) is 2. The smallest absolute Gasteiger partial charge is 0.255 e. The molecule has 0 bridgehead atoms. The maximum absolute atomic E-state index is 11.2. The van der Waals surface area contributed by atoms with Crippen molar-refractivity contribution in [3.8, 4) is 0 Å². The summed E-state index contributed by atoms with van der Waals surface area (Å²) in [5.74, 6) is -0.351. The molecule has 3 atom stereocenters. The molecule has 18 heavy (non-hydrogen) atoms. The first-order valence-electron chi connectivity index (χ1n) is 5.66. The summed E-state index contributed by atoms with van der Waals surface area (Å²) in [4.78, 5) is 11.2. The Morgan fingerprint density at radius 2 is 2.39 bits per heavy atom. The van der Waals surface area contributed by atoms with Gasteiger partial charge in [0.1, 0.15) is 16.0 Å². The SMILES string of the molecule is CC(O)[C@H]1C[C@H](n2nc(Br)c(C(N)=O)c2N)CN1. The van der Waals surface area contributed by atoms with Crippen LogP contribution in [-0.2, 0) is 0 Å². The van der Waals surface area contributed by atoms with Crippen LogP contribution < -0.4 is 16.8 Å². The van der Waals surface area contributed by atoms with Gasteiger partial charge in [-0.1, -0.05) is 0 Å². The molecular weight excluding hydrogens is 302 g/mol. The van der Waals surface area contributed by atoms with Crippen LogP contribution >= 0.6 is 15.9 Å². The predicted molar refractivity (Wildman–Crippen MR) is 70.0 cm³/mol. The first kappa shape index (κ1) is 13.3. The van der Waals surface area contributed by atoms with Crippen LogP contribution in [0, 0.1) is 0 Å². The Hall–Kier alpha value is -1.12. The lowest BCUT2D eigenvalue weighted by atomic mass is 10.1. The molecule has 1 fully saturated rings. The number of nitrogens with one attached hydrogen (secondary N) is 1. The minimum atomic E-state index is -0.608. The summed E-state index contributed by atoms with van der Waals surface area (Å²) in [5, 5.41) is 16.9. The van der Waals surface area contributed by atoms with Gasteiger partial charge < -0.3 is 21.9 Å². The number of rotatable bonds is 3. The van der Waals surface area contributed by atoms with Gasteiger partial charge in [-0.15, -0.1) is 0 Å². The van der Waals surface area contributed by atoms with Crippen molar-refractivity contribution in [3.05, 3.63) is 10.2 Å². The highest BCUT2D eigenvalue weighted by Gasteiger charge is 2.31. The minimum absolute atomic E-state index is 0.00833. The number of amides is 1. The fraction of sp³-hybridized carbons (Fsp3) is 0.600. The third-order valence-electron chi connectivity index (χ3n) is 3.22. The average Bonchev–Trinajstić information content (AvgIpc) is 2.83. The number of anilines is 1. The zero-order valence-corrected chi connectivity index (χ0v) is 11.5. The van der Waals surface area contributed by atoms with Crippen molar-refractivity contribution in [3.63, 3.8) is 0 Å². The average molecular weight is 318 g/mol. The quantitative estimate of drug-likeness (QED) is 0.605. The molecule has 0 saturated carbocycles. The third-order valence-corrected chi connectivity index (χ3v) is 3.78. The highest BCUT2D eigenvalue weighted by molar-refractivity contribution is 9.10. The second kappa shape index (κ2) is 4.87. The number of nitrogen functional groups attached to an aromatic ring is 1. The number of primary amides is 1. The van der Waals surface area contributed by atoms with Crippen LogP contribution in [0.1, 0.15) is 29.7 Å². The number of nitrogens with zero attached hydrogens (tertiary/aromatic N) is 2. The molecule has 100 valence electrons. The maximum atomic E-state index is 11.2. The van der Waals surface area contributed by atoms with Gasteiger partial charge >= 0.3 is 0 Å². The van der Waals surface area contributed by atoms with E-state index in [0.29, 0.717) is 17.6 Å². The van der Waals surface area contributed by atoms with Crippen molar-refractivity contribution in [1.29, 1.82) is 0 Å². The van der Waals surface area contributed by atoms with Gasteiger partial charge in [-0.05, 0) is 29.3 Å². The molecule has 0 radical (unpaired) electrons. The Balaban J connectivity index is 2.26. The summed E-state index contributed by atoms with van der Waals surface area (Å²) in [6.07, 6.45) is 0.264. The largest absolute Gasteiger partial charge is 0.392 e. The summed E-state index contributed by atoms with van der Waals surface area (Å²) < 4.78 is 1.94. The van der Waals surface area contributed by atoms with E-state index < -0.39 is 12.0 Å². The number of carbonyl (C=O) groups is 1. The standard InChI is InChI=1S/C10H16BrN5O2/c1-4(17)6-2-5(3-14-6)16-9(12)7(10(13)18)8(11)15-16/h4-6,14,17H,2-3,12H2,1H3,(H2,13,18)/t4?,5-,6+/m0/s1. The van der Waals surface area contributed by atoms with Crippen molar-refractivity contribution < 1.29 is 9.90 Å². The van der Waals surface area contributed by atoms with E-state index >= 15 is 0 Å². The van der Waals surface area contributed by atoms with Gasteiger partial charge in [-0.2, -0.15) is 5.10 Å². The summed E-state index contributed by atoms with van der Waals surface area (Å²) in [5.41, 5.74) is 11.3. The van der Waals surface area contributed by atoms with Crippen LogP contribution in [0.4, 0.5) is 5.82 Å². The van der Waals surface area contributed by atoms with Crippen LogP contribution in [0.25, 0.3) is 0 Å². The van der Waals surface area contributed by atoms with Crippen molar-refractivity contribution in [2.45, 2.75) is 31.5 Å². The van der Waals surface area contributed by atoms with E-state index in [-0.39, 0.29) is 23.5 Å². The van der Waals surface area contributed by atoms with Gasteiger partial charge in [0.15, 0.2) is 0 Å². The second-order valence-corrected chi connectivity index (χ2v) is 5.26. The number of aromatic nitrogens is 2. The van der Waals surface area contributed by atoms with E-state index in [9.17, 15) is 9.90 Å². The van der Waals surface area contributed by atoms with E-state index in [1.807, 2.05) is 0 Å². The summed E-state index contributed by atoms with van der Waals surface area (Å²) >= 11 is 3.18. The molecule has 1 aromatic rings. The molecule has 1 aliphatic heterocycles. The van der Waals surface area contributed by atoms with E-state index in [1.165, 1.54) is 0 Å². The lowest BCUT2D eigenvalue weighted by Crippen LogP contribution is -2.32. The molecule has 6 N–H and O–H groups in total. The second-order valence-electron chi connectivity index (χ2n) is 4.50. The maximum Gasteiger partial charge on any atom is 0.255 e. The van der Waals surface area contributed by atoms with E-state index in [2.05, 4.69) is 26.3 Å². The van der Waals surface area contributed by atoms with E-state index in [0.717, 1.165) is 0 Å². The van der Waals surface area contributed by atoms with Gasteiger partial charge in [-0.3, -0.25) is 4.79 Å². The normalized spacial score (nSPS) is 25.3. The van der Waals surface area contributed by atoms with Crippen molar-refractivity contribution in [2.24, 2.45) is 5.73 Å². The molecule has 2 rings (SSSR count). The number of carbonyl (C=O) groups excluding carboxylic acids is 1. The lowest BCUT2D eigenvalue weighted by Gasteiger charge is -2.14. The van der Waals surface area contributed by atoms with E-state index in [4.69, 9.17) is 11.5 Å². The topological polar surface area (TPSA) is 119 Å². The number of hydrogen-bond donors (Lipinski definition) is 4. The van der Waals surface area contributed by atoms with Crippen molar-refractivity contribution in [2.75, 3.05) is 12.3 Å².